The van der Waals surface area contributed by atoms with Gasteiger partial charge in [0.2, 0.25) is 18.0 Å². The number of benzene rings is 2. The molecule has 51 heavy (non-hydrogen) atoms. The lowest BCUT2D eigenvalue weighted by atomic mass is 9.61. The largest absolute Gasteiger partial charge is 0.435 e. The summed E-state index contributed by atoms with van der Waals surface area (Å²) in [4.78, 5) is 46.8. The number of nitrogens with one attached hydrogen (secondary N) is 2. The van der Waals surface area contributed by atoms with E-state index in [0.717, 1.165) is 70.3 Å². The number of hydrogen-bond donors (Lipinski definition) is 2. The molecule has 0 unspecified atom stereocenters. The van der Waals surface area contributed by atoms with Gasteiger partial charge in [0.15, 0.2) is 11.9 Å². The number of fused-ring (bicyclic) bond motifs is 6. The number of nitrogens with zero attached hydrogens (tertiary/aromatic N) is 2. The van der Waals surface area contributed by atoms with E-state index in [0.29, 0.717) is 18.1 Å². The molecule has 7 atom stereocenters. The van der Waals surface area contributed by atoms with Gasteiger partial charge in [-0.05, 0) is 56.4 Å². The first-order valence-corrected chi connectivity index (χ1v) is 18.6. The van der Waals surface area contributed by atoms with E-state index in [1.165, 1.54) is 0 Å². The minimum Gasteiger partial charge on any atom is -0.435 e. The van der Waals surface area contributed by atoms with Crippen LogP contribution in [0.5, 0.6) is 0 Å². The predicted molar refractivity (Wildman–Crippen MR) is 192 cm³/mol. The quantitative estimate of drug-likeness (QED) is 0.152. The van der Waals surface area contributed by atoms with E-state index in [9.17, 15) is 9.59 Å². The summed E-state index contributed by atoms with van der Waals surface area (Å²) in [6.07, 6.45) is 3.15. The van der Waals surface area contributed by atoms with Crippen molar-refractivity contribution in [1.82, 2.24) is 14.9 Å². The van der Waals surface area contributed by atoms with Gasteiger partial charge in [0.05, 0.1) is 22.7 Å². The molecule has 4 aliphatic heterocycles. The maximum Gasteiger partial charge on any atom is 0.308 e. The van der Waals surface area contributed by atoms with Crippen LogP contribution in [-0.2, 0) is 40.6 Å². The summed E-state index contributed by atoms with van der Waals surface area (Å²) in [7, 11) is 2.04. The standard InChI is InChI=1S/C39H47ClN4O7/c1-22-27-11-8-9-23-17-18-38(4)49-36(39(23,27)51-50-38)48-35(22)47-31(46)16-15-30(45)41-20-37(2,3)21-42-33-26-19-24(40)13-14-29(26)44(5)34-32(33)25-10-6-7-12-28(25)43-34/h6-7,10,12-14,19,22-23,27,35-36,43H,8-9,11,15-18,20-21H2,1-5H3,(H,41,45)/t22-,23-,27+,35-,36-,38-,39-/m1/s1. The number of esters is 1. The maximum absolute atomic E-state index is 13.1. The molecule has 6 heterocycles. The van der Waals surface area contributed by atoms with Crippen molar-refractivity contribution in [3.05, 3.63) is 52.8 Å². The second-order valence-corrected chi connectivity index (χ2v) is 16.4. The average Bonchev–Trinajstić information content (AvgIpc) is 3.36. The lowest BCUT2D eigenvalue weighted by molar-refractivity contribution is -0.575. The molecular formula is C39H47ClN4O7. The molecule has 1 amide bonds. The van der Waals surface area contributed by atoms with Crippen molar-refractivity contribution in [1.29, 1.82) is 0 Å². The van der Waals surface area contributed by atoms with Crippen LogP contribution in [0.15, 0.2) is 47.5 Å². The topological polar surface area (TPSA) is 125 Å². The van der Waals surface area contributed by atoms with E-state index in [2.05, 4.69) is 40.8 Å². The Balaban J connectivity index is 0.915. The van der Waals surface area contributed by atoms with Crippen molar-refractivity contribution >= 4 is 56.3 Å². The summed E-state index contributed by atoms with van der Waals surface area (Å²) in [6.45, 7) is 8.87. The van der Waals surface area contributed by atoms with Crippen LogP contribution in [0.3, 0.4) is 0 Å². The summed E-state index contributed by atoms with van der Waals surface area (Å²) < 4.78 is 20.7. The summed E-state index contributed by atoms with van der Waals surface area (Å²) in [5, 5.41) is 7.60. The van der Waals surface area contributed by atoms with E-state index in [4.69, 9.17) is 40.6 Å². The second kappa shape index (κ2) is 12.9. The highest BCUT2D eigenvalue weighted by molar-refractivity contribution is 6.31. The molecule has 4 saturated heterocycles. The Kier molecular flexibility index (Phi) is 8.74. The van der Waals surface area contributed by atoms with Gasteiger partial charge in [-0.1, -0.05) is 57.0 Å². The van der Waals surface area contributed by atoms with Gasteiger partial charge in [-0.3, -0.25) is 14.6 Å². The molecule has 2 N–H and O–H groups in total. The number of carbonyl (C=O) groups is 2. The highest BCUT2D eigenvalue weighted by atomic mass is 35.5. The number of aryl methyl sites for hydroxylation is 1. The SMILES string of the molecule is C[C@H]1[C@H](OC(=O)CCC(=O)NCC(C)(C)CN=c2c3cc(Cl)ccc3n(C)c3[nH]c4ccccc4c23)O[C@@H]2O[C@@]3(C)CC[C@H]4CCC[C@@H]1[C@]42OO3. The fourth-order valence-electron chi connectivity index (χ4n) is 8.87. The van der Waals surface area contributed by atoms with Gasteiger partial charge in [0.25, 0.3) is 0 Å². The van der Waals surface area contributed by atoms with E-state index in [1.54, 1.807) is 0 Å². The highest BCUT2D eigenvalue weighted by Gasteiger charge is 2.68. The Morgan fingerprint density at radius 1 is 1.12 bits per heavy atom. The number of H-pyrrole nitrogens is 1. The van der Waals surface area contributed by atoms with Gasteiger partial charge in [-0.25, -0.2) is 9.78 Å². The number of pyridine rings is 1. The van der Waals surface area contributed by atoms with Crippen molar-refractivity contribution in [2.24, 2.45) is 35.2 Å². The molecule has 1 spiro atoms. The van der Waals surface area contributed by atoms with E-state index < -0.39 is 29.9 Å². The number of amides is 1. The number of halogens is 1. The van der Waals surface area contributed by atoms with E-state index >= 15 is 0 Å². The minimum absolute atomic E-state index is 0.00579. The van der Waals surface area contributed by atoms with Gasteiger partial charge in [0, 0.05) is 71.5 Å². The third-order valence-corrected chi connectivity index (χ3v) is 11.9. The number of carbonyl (C=O) groups excluding carboxylic acids is 2. The molecule has 5 fully saturated rings. The van der Waals surface area contributed by atoms with Crippen LogP contribution in [-0.4, -0.2) is 58.5 Å². The molecule has 4 aromatic rings. The lowest BCUT2D eigenvalue weighted by Crippen LogP contribution is -2.69. The zero-order valence-corrected chi connectivity index (χ0v) is 30.7. The number of para-hydroxylation sites is 1. The maximum atomic E-state index is 13.1. The zero-order valence-electron chi connectivity index (χ0n) is 29.9. The number of aromatic amines is 1. The average molecular weight is 719 g/mol. The van der Waals surface area contributed by atoms with Crippen molar-refractivity contribution < 1.29 is 33.6 Å². The summed E-state index contributed by atoms with van der Waals surface area (Å²) in [5.74, 6) is -1.40. The molecule has 1 aliphatic carbocycles. The lowest BCUT2D eigenvalue weighted by Gasteiger charge is -2.58. The van der Waals surface area contributed by atoms with Crippen molar-refractivity contribution in [3.8, 4) is 0 Å². The molecule has 11 nitrogen and oxygen atoms in total. The Morgan fingerprint density at radius 3 is 2.78 bits per heavy atom. The first kappa shape index (κ1) is 34.6. The third kappa shape index (κ3) is 6.04. The number of hydrogen-bond acceptors (Lipinski definition) is 8. The molecule has 272 valence electrons. The van der Waals surface area contributed by atoms with Crippen molar-refractivity contribution in [3.63, 3.8) is 0 Å². The summed E-state index contributed by atoms with van der Waals surface area (Å²) in [5.41, 5.74) is 1.94. The predicted octanol–water partition coefficient (Wildman–Crippen LogP) is 6.79. The molecule has 1 saturated carbocycles. The molecule has 2 bridgehead atoms. The normalized spacial score (nSPS) is 30.8. The Hall–Kier alpha value is -3.48. The molecule has 2 aromatic heterocycles. The van der Waals surface area contributed by atoms with Crippen LogP contribution in [0.1, 0.15) is 72.6 Å². The van der Waals surface area contributed by atoms with Gasteiger partial charge in [0.1, 0.15) is 5.65 Å². The summed E-state index contributed by atoms with van der Waals surface area (Å²) in [6, 6.07) is 14.1. The zero-order chi connectivity index (χ0) is 35.7. The Bertz CT molecular complexity index is 2090. The molecule has 2 aromatic carbocycles. The molecule has 9 rings (SSSR count). The smallest absolute Gasteiger partial charge is 0.308 e. The van der Waals surface area contributed by atoms with E-state index in [-0.39, 0.29) is 41.9 Å². The number of rotatable bonds is 8. The number of ether oxygens (including phenoxy) is 3. The molecule has 12 heteroatoms. The first-order chi connectivity index (χ1) is 24.4. The van der Waals surface area contributed by atoms with Crippen molar-refractivity contribution in [2.45, 2.75) is 96.6 Å². The van der Waals surface area contributed by atoms with Gasteiger partial charge < -0.3 is 29.1 Å². The fraction of sp³-hybridized carbons (Fsp3) is 0.564. The second-order valence-electron chi connectivity index (χ2n) is 16.0. The summed E-state index contributed by atoms with van der Waals surface area (Å²) >= 11 is 6.49. The van der Waals surface area contributed by atoms with Crippen LogP contribution in [0.25, 0.3) is 32.8 Å². The molecule has 5 aliphatic rings. The van der Waals surface area contributed by atoms with Gasteiger partial charge in [-0.2, -0.15) is 0 Å². The van der Waals surface area contributed by atoms with Crippen molar-refractivity contribution in [2.75, 3.05) is 13.1 Å². The van der Waals surface area contributed by atoms with Crippen LogP contribution in [0.2, 0.25) is 5.02 Å². The third-order valence-electron chi connectivity index (χ3n) is 11.7. The van der Waals surface area contributed by atoms with Crippen LogP contribution < -0.4 is 10.7 Å². The highest BCUT2D eigenvalue weighted by Crippen LogP contribution is 2.59. The number of aromatic nitrogens is 2. The van der Waals surface area contributed by atoms with Crippen LogP contribution in [0, 0.1) is 23.2 Å². The van der Waals surface area contributed by atoms with Gasteiger partial charge in [-0.15, -0.1) is 0 Å². The van der Waals surface area contributed by atoms with Crippen LogP contribution in [0.4, 0.5) is 0 Å². The monoisotopic (exact) mass is 718 g/mol. The fourth-order valence-corrected chi connectivity index (χ4v) is 9.04. The van der Waals surface area contributed by atoms with Crippen LogP contribution >= 0.6 is 11.6 Å². The molecule has 0 radical (unpaired) electrons. The Labute approximate surface area is 301 Å². The minimum atomic E-state index is -0.893. The van der Waals surface area contributed by atoms with E-state index in [1.807, 2.05) is 51.2 Å². The Morgan fingerprint density at radius 2 is 1.94 bits per heavy atom. The van der Waals surface area contributed by atoms with Gasteiger partial charge >= 0.3 is 5.97 Å². The molecular weight excluding hydrogens is 672 g/mol. The first-order valence-electron chi connectivity index (χ1n) is 18.2.